The first kappa shape index (κ1) is 15.5. The summed E-state index contributed by atoms with van der Waals surface area (Å²) in [5, 5.41) is 1.16. The summed E-state index contributed by atoms with van der Waals surface area (Å²) < 4.78 is 18.9. The van der Waals surface area contributed by atoms with Gasteiger partial charge in [0.15, 0.2) is 5.58 Å². The number of rotatable bonds is 2. The lowest BCUT2D eigenvalue weighted by atomic mass is 10.2. The van der Waals surface area contributed by atoms with E-state index in [0.29, 0.717) is 16.0 Å². The molecule has 23 heavy (non-hydrogen) atoms. The van der Waals surface area contributed by atoms with Crippen molar-refractivity contribution in [1.82, 2.24) is 0 Å². The van der Waals surface area contributed by atoms with E-state index in [2.05, 4.69) is 4.99 Å². The van der Waals surface area contributed by atoms with Crippen molar-refractivity contribution >= 4 is 45.8 Å². The van der Waals surface area contributed by atoms with Crippen molar-refractivity contribution in [3.8, 4) is 0 Å². The van der Waals surface area contributed by atoms with Crippen LogP contribution in [-0.2, 0) is 0 Å². The predicted molar refractivity (Wildman–Crippen MR) is 86.4 cm³/mol. The number of primary amides is 1. The molecule has 0 aliphatic rings. The molecule has 2 N–H and O–H groups in total. The van der Waals surface area contributed by atoms with Gasteiger partial charge in [-0.05, 0) is 36.4 Å². The van der Waals surface area contributed by atoms with Crippen LogP contribution in [0.15, 0.2) is 51.9 Å². The van der Waals surface area contributed by atoms with Crippen molar-refractivity contribution in [1.29, 1.82) is 0 Å². The third-order valence-electron chi connectivity index (χ3n) is 3.07. The average molecular weight is 351 g/mol. The number of hydrogen-bond donors (Lipinski definition) is 1. The van der Waals surface area contributed by atoms with Gasteiger partial charge in [-0.1, -0.05) is 29.3 Å². The zero-order valence-electron chi connectivity index (χ0n) is 11.5. The molecule has 2 aromatic carbocycles. The normalized spacial score (nSPS) is 11.9. The van der Waals surface area contributed by atoms with Crippen molar-refractivity contribution in [2.75, 3.05) is 0 Å². The lowest BCUT2D eigenvalue weighted by Gasteiger charge is -2.04. The van der Waals surface area contributed by atoms with Gasteiger partial charge in [-0.15, -0.1) is 0 Å². The molecule has 3 rings (SSSR count). The fraction of sp³-hybridized carbons (Fsp3) is 0. The van der Waals surface area contributed by atoms with Crippen molar-refractivity contribution in [2.45, 2.75) is 0 Å². The maximum atomic E-state index is 13.3. The zero-order valence-corrected chi connectivity index (χ0v) is 13.0. The molecule has 0 radical (unpaired) electrons. The Morgan fingerprint density at radius 1 is 1.17 bits per heavy atom. The Labute approximate surface area is 140 Å². The van der Waals surface area contributed by atoms with Gasteiger partial charge in [0, 0.05) is 10.4 Å². The fourth-order valence-electron chi connectivity index (χ4n) is 2.09. The van der Waals surface area contributed by atoms with Crippen molar-refractivity contribution in [3.05, 3.63) is 69.4 Å². The first-order chi connectivity index (χ1) is 10.9. The number of halogens is 3. The summed E-state index contributed by atoms with van der Waals surface area (Å²) >= 11 is 12.0. The molecule has 0 spiro atoms. The molecule has 1 amide bonds. The Morgan fingerprint density at radius 2 is 1.96 bits per heavy atom. The number of benzene rings is 2. The lowest BCUT2D eigenvalue weighted by molar-refractivity contribution is 0.0996. The van der Waals surface area contributed by atoms with E-state index in [1.54, 1.807) is 12.1 Å². The van der Waals surface area contributed by atoms with Gasteiger partial charge in [-0.2, -0.15) is 0 Å². The SMILES string of the molecule is NC(=O)c1cc2cc(Cl)cc(Cl)c2oc1=Nc1cccc(F)c1. The number of carbonyl (C=O) groups excluding carboxylic acids is 1. The summed E-state index contributed by atoms with van der Waals surface area (Å²) in [6.45, 7) is 0. The summed E-state index contributed by atoms with van der Waals surface area (Å²) in [5.74, 6) is -1.20. The van der Waals surface area contributed by atoms with Gasteiger partial charge in [-0.25, -0.2) is 9.38 Å². The number of amides is 1. The molecule has 3 aromatic rings. The second kappa shape index (κ2) is 6.02. The largest absolute Gasteiger partial charge is 0.436 e. The Kier molecular flexibility index (Phi) is 4.07. The van der Waals surface area contributed by atoms with Crippen molar-refractivity contribution in [3.63, 3.8) is 0 Å². The first-order valence-corrected chi connectivity index (χ1v) is 7.22. The number of fused-ring (bicyclic) bond motifs is 1. The van der Waals surface area contributed by atoms with E-state index in [1.807, 2.05) is 0 Å². The average Bonchev–Trinajstić information content (AvgIpc) is 2.47. The van der Waals surface area contributed by atoms with Gasteiger partial charge >= 0.3 is 0 Å². The van der Waals surface area contributed by atoms with E-state index in [4.69, 9.17) is 33.4 Å². The van der Waals surface area contributed by atoms with E-state index in [1.165, 1.54) is 30.3 Å². The van der Waals surface area contributed by atoms with E-state index >= 15 is 0 Å². The molecule has 0 aliphatic heterocycles. The highest BCUT2D eigenvalue weighted by molar-refractivity contribution is 6.38. The molecule has 4 nitrogen and oxygen atoms in total. The van der Waals surface area contributed by atoms with Crippen LogP contribution in [0.2, 0.25) is 10.0 Å². The third-order valence-corrected chi connectivity index (χ3v) is 3.57. The molecule has 0 saturated heterocycles. The number of carbonyl (C=O) groups is 1. The Balaban J connectivity index is 2.34. The molecule has 7 heteroatoms. The molecule has 0 unspecified atom stereocenters. The minimum absolute atomic E-state index is 0.0418. The fourth-order valence-corrected chi connectivity index (χ4v) is 2.63. The van der Waals surface area contributed by atoms with Crippen LogP contribution in [0.25, 0.3) is 11.0 Å². The summed E-state index contributed by atoms with van der Waals surface area (Å²) in [6, 6.07) is 10.1. The van der Waals surface area contributed by atoms with E-state index in [0.717, 1.165) is 0 Å². The van der Waals surface area contributed by atoms with Crippen LogP contribution in [0, 0.1) is 5.82 Å². The third kappa shape index (κ3) is 3.21. The molecular formula is C16H9Cl2FN2O2. The zero-order chi connectivity index (χ0) is 16.6. The highest BCUT2D eigenvalue weighted by atomic mass is 35.5. The van der Waals surface area contributed by atoms with E-state index in [9.17, 15) is 9.18 Å². The monoisotopic (exact) mass is 350 g/mol. The summed E-state index contributed by atoms with van der Waals surface area (Å²) in [4.78, 5) is 15.8. The Bertz CT molecular complexity index is 999. The van der Waals surface area contributed by atoms with Gasteiger partial charge in [0.2, 0.25) is 5.55 Å². The van der Waals surface area contributed by atoms with Crippen LogP contribution in [-0.4, -0.2) is 5.91 Å². The number of hydrogen-bond acceptors (Lipinski definition) is 3. The minimum Gasteiger partial charge on any atom is -0.436 e. The standard InChI is InChI=1S/C16H9Cl2FN2O2/c17-9-4-8-5-12(15(20)22)16(23-14(8)13(18)6-9)21-11-3-1-2-10(19)7-11/h1-7H,(H2,20,22). The molecule has 0 atom stereocenters. The van der Waals surface area contributed by atoms with Crippen LogP contribution in [0.4, 0.5) is 10.1 Å². The first-order valence-electron chi connectivity index (χ1n) is 6.47. The van der Waals surface area contributed by atoms with Gasteiger partial charge < -0.3 is 10.2 Å². The molecule has 1 heterocycles. The molecule has 0 saturated carbocycles. The van der Waals surface area contributed by atoms with Crippen molar-refractivity contribution in [2.24, 2.45) is 10.7 Å². The molecule has 116 valence electrons. The van der Waals surface area contributed by atoms with Crippen LogP contribution in [0.3, 0.4) is 0 Å². The minimum atomic E-state index is -0.734. The summed E-state index contributed by atoms with van der Waals surface area (Å²) in [7, 11) is 0. The van der Waals surface area contributed by atoms with Gasteiger partial charge in [0.05, 0.1) is 10.7 Å². The van der Waals surface area contributed by atoms with Crippen LogP contribution >= 0.6 is 23.2 Å². The second-order valence-electron chi connectivity index (χ2n) is 4.73. The van der Waals surface area contributed by atoms with Gasteiger partial charge in [0.1, 0.15) is 11.4 Å². The summed E-state index contributed by atoms with van der Waals surface area (Å²) in [6.07, 6.45) is 0. The second-order valence-corrected chi connectivity index (χ2v) is 5.57. The molecule has 1 aromatic heterocycles. The number of nitrogens with two attached hydrogens (primary N) is 1. The quantitative estimate of drug-likeness (QED) is 0.751. The van der Waals surface area contributed by atoms with Crippen LogP contribution in [0.1, 0.15) is 10.4 Å². The van der Waals surface area contributed by atoms with Crippen LogP contribution in [0.5, 0.6) is 0 Å². The Hall–Kier alpha value is -2.37. The Morgan fingerprint density at radius 3 is 2.65 bits per heavy atom. The highest BCUT2D eigenvalue weighted by Crippen LogP contribution is 2.27. The van der Waals surface area contributed by atoms with Crippen LogP contribution < -0.4 is 11.3 Å². The lowest BCUT2D eigenvalue weighted by Crippen LogP contribution is -2.21. The molecule has 0 aliphatic carbocycles. The maximum absolute atomic E-state index is 13.3. The van der Waals surface area contributed by atoms with Gasteiger partial charge in [-0.3, -0.25) is 4.79 Å². The smallest absolute Gasteiger partial charge is 0.254 e. The number of nitrogens with zero attached hydrogens (tertiary/aromatic N) is 1. The highest BCUT2D eigenvalue weighted by Gasteiger charge is 2.12. The topological polar surface area (TPSA) is 68.6 Å². The molecular weight excluding hydrogens is 342 g/mol. The molecule has 0 bridgehead atoms. The summed E-state index contributed by atoms with van der Waals surface area (Å²) in [5.41, 5.74) is 5.93. The van der Waals surface area contributed by atoms with Gasteiger partial charge in [0.25, 0.3) is 5.91 Å². The predicted octanol–water partition coefficient (Wildman–Crippen LogP) is 4.21. The molecule has 0 fully saturated rings. The van der Waals surface area contributed by atoms with E-state index in [-0.39, 0.29) is 21.8 Å². The maximum Gasteiger partial charge on any atom is 0.254 e. The van der Waals surface area contributed by atoms with Crippen molar-refractivity contribution < 1.29 is 13.6 Å². The van der Waals surface area contributed by atoms with E-state index < -0.39 is 11.7 Å².